The van der Waals surface area contributed by atoms with Crippen LogP contribution in [0, 0.1) is 23.5 Å². The Morgan fingerprint density at radius 1 is 0.944 bits per heavy atom. The topological polar surface area (TPSA) is 174 Å². The second kappa shape index (κ2) is 19.4. The molecule has 10 rings (SSSR count). The van der Waals surface area contributed by atoms with Gasteiger partial charge in [-0.25, -0.2) is 13.6 Å². The molecule has 2 aromatic heterocycles. The summed E-state index contributed by atoms with van der Waals surface area (Å²) >= 11 is 6.70. The van der Waals surface area contributed by atoms with Gasteiger partial charge in [0.05, 0.1) is 23.2 Å². The molecular formula is C54H55ClF2N8O6. The van der Waals surface area contributed by atoms with Crippen LogP contribution in [-0.2, 0) is 28.7 Å². The predicted molar refractivity (Wildman–Crippen MR) is 265 cm³/mol. The second-order valence-corrected chi connectivity index (χ2v) is 19.7. The number of methoxy groups -OCH3 is 1. The minimum Gasteiger partial charge on any atom is -0.494 e. The highest BCUT2D eigenvalue weighted by Crippen LogP contribution is 2.56. The number of halogens is 3. The van der Waals surface area contributed by atoms with E-state index >= 15 is 8.78 Å². The number of piperidine rings is 1. The molecule has 6 aromatic rings. The van der Waals surface area contributed by atoms with Gasteiger partial charge >= 0.3 is 6.03 Å². The molecule has 4 N–H and O–H groups in total. The first-order valence-electron chi connectivity index (χ1n) is 24.2. The van der Waals surface area contributed by atoms with Gasteiger partial charge in [0.25, 0.3) is 0 Å². The SMILES string of the molecule is COc1ccc(C(N)=O)c(-c2c(Cl)c(F)cc3c2[C@H](C)[C@@](CNC2CCC(C(=O)N4CCC(Cc5ccc(-c6ccc7c(N8CCC(=O)NC8=O)nn(C)c7c6)cn5)CC4)CC2)(c2ccccc2)O3)c1F. The first kappa shape index (κ1) is 47.8. The van der Waals surface area contributed by atoms with Gasteiger partial charge in [-0.15, -0.1) is 0 Å². The van der Waals surface area contributed by atoms with E-state index < -0.39 is 35.1 Å². The number of likely N-dealkylation sites (tertiary alicyclic amines) is 1. The summed E-state index contributed by atoms with van der Waals surface area (Å²) in [5.74, 6) is -2.32. The Labute approximate surface area is 414 Å². The molecule has 2 saturated heterocycles. The van der Waals surface area contributed by atoms with Crippen LogP contribution in [0.15, 0.2) is 85.1 Å². The number of fused-ring (bicyclic) bond motifs is 2. The summed E-state index contributed by atoms with van der Waals surface area (Å²) in [7, 11) is 3.13. The Morgan fingerprint density at radius 2 is 1.69 bits per heavy atom. The summed E-state index contributed by atoms with van der Waals surface area (Å²) in [4.78, 5) is 59.2. The van der Waals surface area contributed by atoms with Crippen molar-refractivity contribution in [2.75, 3.05) is 38.2 Å². The number of carbonyl (C=O) groups excluding carboxylic acids is 4. The normalized spacial score (nSPS) is 21.5. The number of rotatable bonds is 12. The number of pyridine rings is 1. The van der Waals surface area contributed by atoms with E-state index in [0.717, 1.165) is 78.2 Å². The lowest BCUT2D eigenvalue weighted by Gasteiger charge is -2.38. The fourth-order valence-electron chi connectivity index (χ4n) is 11.2. The number of amides is 5. The van der Waals surface area contributed by atoms with Crippen LogP contribution < -0.4 is 30.7 Å². The van der Waals surface area contributed by atoms with Crippen molar-refractivity contribution < 1.29 is 37.4 Å². The van der Waals surface area contributed by atoms with Crippen LogP contribution in [0.3, 0.4) is 0 Å². The van der Waals surface area contributed by atoms with Crippen molar-refractivity contribution in [3.8, 4) is 33.8 Å². The Morgan fingerprint density at radius 3 is 2.38 bits per heavy atom. The molecule has 1 aliphatic carbocycles. The maximum Gasteiger partial charge on any atom is 0.329 e. The van der Waals surface area contributed by atoms with Crippen LogP contribution in [0.1, 0.15) is 85.0 Å². The molecule has 1 saturated carbocycles. The van der Waals surface area contributed by atoms with Gasteiger partial charge in [-0.05, 0) is 92.3 Å². The average Bonchev–Trinajstić information content (AvgIpc) is 3.86. The third kappa shape index (κ3) is 8.85. The highest BCUT2D eigenvalue weighted by molar-refractivity contribution is 6.34. The second-order valence-electron chi connectivity index (χ2n) is 19.3. The van der Waals surface area contributed by atoms with E-state index in [0.29, 0.717) is 36.9 Å². The molecule has 14 nitrogen and oxygen atoms in total. The molecule has 5 amide bonds. The lowest BCUT2D eigenvalue weighted by molar-refractivity contribution is -0.138. The zero-order valence-corrected chi connectivity index (χ0v) is 40.5. The van der Waals surface area contributed by atoms with Gasteiger partial charge < -0.3 is 25.4 Å². The summed E-state index contributed by atoms with van der Waals surface area (Å²) in [6, 6.07) is 23.2. The van der Waals surface area contributed by atoms with Gasteiger partial charge in [-0.3, -0.25) is 34.3 Å². The van der Waals surface area contributed by atoms with Crippen LogP contribution in [0.25, 0.3) is 33.2 Å². The zero-order chi connectivity index (χ0) is 49.7. The predicted octanol–water partition coefficient (Wildman–Crippen LogP) is 8.81. The minimum absolute atomic E-state index is 0.00719. The largest absolute Gasteiger partial charge is 0.494 e. The van der Waals surface area contributed by atoms with E-state index in [1.165, 1.54) is 30.2 Å². The maximum atomic E-state index is 16.2. The number of aromatic nitrogens is 3. The molecule has 4 aromatic carbocycles. The molecule has 0 radical (unpaired) electrons. The van der Waals surface area contributed by atoms with Gasteiger partial charge in [0.2, 0.25) is 17.7 Å². The van der Waals surface area contributed by atoms with Gasteiger partial charge in [0, 0.05) is 103 Å². The molecule has 4 aliphatic rings. The summed E-state index contributed by atoms with van der Waals surface area (Å²) in [6.07, 6.45) is 7.79. The van der Waals surface area contributed by atoms with E-state index in [9.17, 15) is 19.2 Å². The quantitative estimate of drug-likeness (QED) is 0.108. The van der Waals surface area contributed by atoms with Crippen LogP contribution >= 0.6 is 11.6 Å². The smallest absolute Gasteiger partial charge is 0.329 e. The van der Waals surface area contributed by atoms with Gasteiger partial charge in [0.1, 0.15) is 11.6 Å². The number of nitrogens with zero attached hydrogens (tertiary/aromatic N) is 5. The van der Waals surface area contributed by atoms with Gasteiger partial charge in [-0.1, -0.05) is 61.0 Å². The first-order valence-corrected chi connectivity index (χ1v) is 24.6. The number of hydrogen-bond donors (Lipinski definition) is 3. The molecular weight excluding hydrogens is 930 g/mol. The number of benzene rings is 4. The van der Waals surface area contributed by atoms with Gasteiger partial charge in [0.15, 0.2) is 23.0 Å². The van der Waals surface area contributed by atoms with Crippen molar-refractivity contribution in [3.05, 3.63) is 124 Å². The van der Waals surface area contributed by atoms with Crippen LogP contribution in [0.4, 0.5) is 19.4 Å². The molecule has 368 valence electrons. The summed E-state index contributed by atoms with van der Waals surface area (Å²) in [6.45, 7) is 3.95. The van der Waals surface area contributed by atoms with E-state index in [4.69, 9.17) is 31.8 Å². The molecule has 5 heterocycles. The van der Waals surface area contributed by atoms with Crippen LogP contribution in [-0.4, -0.2) is 82.7 Å². The molecule has 0 spiro atoms. The molecule has 0 unspecified atom stereocenters. The van der Waals surface area contributed by atoms with E-state index in [2.05, 4.69) is 27.9 Å². The Kier molecular flexibility index (Phi) is 13.0. The number of anilines is 1. The summed E-state index contributed by atoms with van der Waals surface area (Å²) in [5.41, 5.74) is 9.32. The highest BCUT2D eigenvalue weighted by Gasteiger charge is 2.50. The van der Waals surface area contributed by atoms with Crippen molar-refractivity contribution in [3.63, 3.8) is 0 Å². The number of primary amides is 1. The summed E-state index contributed by atoms with van der Waals surface area (Å²) in [5, 5.41) is 11.2. The number of ether oxygens (including phenoxy) is 2. The van der Waals surface area contributed by atoms with Crippen molar-refractivity contribution in [2.45, 2.75) is 75.9 Å². The van der Waals surface area contributed by atoms with Crippen LogP contribution in [0.5, 0.6) is 11.5 Å². The third-order valence-corrected chi connectivity index (χ3v) is 15.6. The van der Waals surface area contributed by atoms with E-state index in [1.807, 2.05) is 73.6 Å². The Balaban J connectivity index is 0.752. The molecule has 3 aliphatic heterocycles. The number of urea groups is 1. The van der Waals surface area contributed by atoms with E-state index in [1.54, 1.807) is 4.68 Å². The number of carbonyl (C=O) groups is 4. The number of nitrogens with two attached hydrogens (primary N) is 1. The fourth-order valence-corrected chi connectivity index (χ4v) is 11.5. The Hall–Kier alpha value is -6.91. The van der Waals surface area contributed by atoms with Crippen molar-refractivity contribution >= 4 is 52.1 Å². The average molecular weight is 986 g/mol. The molecule has 0 bridgehead atoms. The number of imide groups is 1. The monoisotopic (exact) mass is 984 g/mol. The lowest BCUT2D eigenvalue weighted by atomic mass is 9.77. The molecule has 2 atom stereocenters. The Bertz CT molecular complexity index is 3060. The fraction of sp³-hybridized carbons (Fsp3) is 0.370. The van der Waals surface area contributed by atoms with Crippen LogP contribution in [0.2, 0.25) is 5.02 Å². The molecule has 3 fully saturated rings. The first-order chi connectivity index (χ1) is 34.2. The highest BCUT2D eigenvalue weighted by atomic mass is 35.5. The number of hydrogen-bond acceptors (Lipinski definition) is 9. The van der Waals surface area contributed by atoms with Crippen molar-refractivity contribution in [1.82, 2.24) is 30.3 Å². The number of aryl methyl sites for hydroxylation is 1. The maximum absolute atomic E-state index is 16.2. The summed E-state index contributed by atoms with van der Waals surface area (Å²) < 4.78 is 45.8. The molecule has 17 heteroatoms. The molecule has 71 heavy (non-hydrogen) atoms. The zero-order valence-electron chi connectivity index (χ0n) is 39.8. The standard InChI is InChI=1S/C54H55ClF2N8O6/c1-30-45-43(27-40(56)48(55)47(45)46-39(50(58)67)17-18-42(70-3)49(46)57)71-54(30,35-7-5-4-6-8-35)29-60-36-13-9-32(10-14-36)52(68)64-22-19-31(20-23-64)25-37-15-11-34(28-59-37)33-12-16-38-41(26-33)63(2)62-51(38)65-24-21-44(66)61-53(65)69/h4-8,11-12,15-18,26-28,30-32,36,60H,9-10,13-14,19-25,29H2,1-3H3,(H2,58,67)(H,61,66,69)/t30-,32?,36?,54-/m0/s1. The van der Waals surface area contributed by atoms with E-state index in [-0.39, 0.29) is 70.0 Å². The van der Waals surface area contributed by atoms with Crippen molar-refractivity contribution in [2.24, 2.45) is 24.6 Å². The van der Waals surface area contributed by atoms with Crippen molar-refractivity contribution in [1.29, 1.82) is 0 Å². The minimum atomic E-state index is -1.08. The number of nitrogens with one attached hydrogen (secondary N) is 2. The van der Waals surface area contributed by atoms with Gasteiger partial charge in [-0.2, -0.15) is 5.10 Å². The lowest BCUT2D eigenvalue weighted by Crippen LogP contribution is -2.49. The third-order valence-electron chi connectivity index (χ3n) is 15.2.